The third kappa shape index (κ3) is 4.47. The second-order valence-electron chi connectivity index (χ2n) is 5.63. The quantitative estimate of drug-likeness (QED) is 0.669. The summed E-state index contributed by atoms with van der Waals surface area (Å²) in [5.74, 6) is 0.176. The summed E-state index contributed by atoms with van der Waals surface area (Å²) in [5, 5.41) is 7.77. The number of carbonyl (C=O) groups is 1. The fourth-order valence-electron chi connectivity index (χ4n) is 2.54. The Morgan fingerprint density at radius 3 is 2.32 bits per heavy atom. The minimum absolute atomic E-state index is 0.334. The molecule has 5 heteroatoms. The second-order valence-corrected chi connectivity index (χ2v) is 5.63. The van der Waals surface area contributed by atoms with E-state index in [0.717, 1.165) is 11.1 Å². The van der Waals surface area contributed by atoms with Gasteiger partial charge in [-0.15, -0.1) is 0 Å². The van der Waals surface area contributed by atoms with Gasteiger partial charge in [0.1, 0.15) is 5.56 Å². The molecule has 0 fully saturated rings. The van der Waals surface area contributed by atoms with E-state index in [1.165, 1.54) is 0 Å². The molecule has 3 aromatic rings. The normalized spacial score (nSPS) is 10.4. The molecular formula is C20H21N3O2. The number of anilines is 1. The van der Waals surface area contributed by atoms with Gasteiger partial charge in [0.05, 0.1) is 13.2 Å². The second kappa shape index (κ2) is 8.15. The highest BCUT2D eigenvalue weighted by atomic mass is 16.5. The van der Waals surface area contributed by atoms with Crippen LogP contribution in [0.4, 0.5) is 5.82 Å². The fraction of sp³-hybridized carbons (Fsp3) is 0.200. The molecule has 1 heterocycles. The van der Waals surface area contributed by atoms with E-state index in [2.05, 4.69) is 10.4 Å². The lowest BCUT2D eigenvalue weighted by Gasteiger charge is -2.06. The van der Waals surface area contributed by atoms with Crippen LogP contribution in [0, 0.1) is 0 Å². The maximum absolute atomic E-state index is 12.2. The molecule has 0 spiro atoms. The van der Waals surface area contributed by atoms with Gasteiger partial charge >= 0.3 is 5.97 Å². The molecule has 0 saturated heterocycles. The number of benzene rings is 2. The van der Waals surface area contributed by atoms with Crippen molar-refractivity contribution in [3.05, 3.63) is 83.6 Å². The van der Waals surface area contributed by atoms with Crippen molar-refractivity contribution in [2.45, 2.75) is 20.0 Å². The molecule has 0 saturated carbocycles. The fourth-order valence-corrected chi connectivity index (χ4v) is 2.54. The Morgan fingerprint density at radius 2 is 1.68 bits per heavy atom. The van der Waals surface area contributed by atoms with E-state index >= 15 is 0 Å². The van der Waals surface area contributed by atoms with E-state index in [0.29, 0.717) is 31.1 Å². The first-order chi connectivity index (χ1) is 12.3. The van der Waals surface area contributed by atoms with E-state index < -0.39 is 0 Å². The number of nitrogens with one attached hydrogen (secondary N) is 1. The van der Waals surface area contributed by atoms with Gasteiger partial charge in [-0.1, -0.05) is 60.7 Å². The molecule has 3 rings (SSSR count). The Hall–Kier alpha value is -3.08. The maximum Gasteiger partial charge on any atom is 0.343 e. The van der Waals surface area contributed by atoms with Gasteiger partial charge in [-0.05, 0) is 18.1 Å². The average Bonchev–Trinajstić information content (AvgIpc) is 3.05. The van der Waals surface area contributed by atoms with Crippen molar-refractivity contribution in [1.82, 2.24) is 9.78 Å². The lowest BCUT2D eigenvalue weighted by Crippen LogP contribution is -2.08. The van der Waals surface area contributed by atoms with Crippen molar-refractivity contribution in [2.24, 2.45) is 0 Å². The summed E-state index contributed by atoms with van der Waals surface area (Å²) in [5.41, 5.74) is 2.69. The van der Waals surface area contributed by atoms with E-state index in [1.807, 2.05) is 60.7 Å². The minimum Gasteiger partial charge on any atom is -0.462 e. The number of aromatic nitrogens is 2. The molecule has 0 aliphatic heterocycles. The molecule has 1 N–H and O–H groups in total. The Bertz CT molecular complexity index is 813. The first kappa shape index (κ1) is 16.8. The van der Waals surface area contributed by atoms with Gasteiger partial charge in [-0.3, -0.25) is 4.68 Å². The van der Waals surface area contributed by atoms with Gasteiger partial charge in [0.2, 0.25) is 0 Å². The first-order valence-electron chi connectivity index (χ1n) is 8.32. The summed E-state index contributed by atoms with van der Waals surface area (Å²) < 4.78 is 6.91. The highest BCUT2D eigenvalue weighted by molar-refractivity contribution is 5.94. The number of ether oxygens (including phenoxy) is 1. The number of carbonyl (C=O) groups excluding carboxylic acids is 1. The Morgan fingerprint density at radius 1 is 1.04 bits per heavy atom. The van der Waals surface area contributed by atoms with Crippen LogP contribution in [0.3, 0.4) is 0 Å². The smallest absolute Gasteiger partial charge is 0.343 e. The van der Waals surface area contributed by atoms with Crippen molar-refractivity contribution in [2.75, 3.05) is 11.9 Å². The van der Waals surface area contributed by atoms with Crippen LogP contribution in [0.15, 0.2) is 66.9 Å². The van der Waals surface area contributed by atoms with Crippen molar-refractivity contribution in [3.8, 4) is 0 Å². The molecule has 0 aliphatic carbocycles. The van der Waals surface area contributed by atoms with E-state index in [9.17, 15) is 4.79 Å². The van der Waals surface area contributed by atoms with Crippen LogP contribution in [0.5, 0.6) is 0 Å². The van der Waals surface area contributed by atoms with Crippen LogP contribution in [0.1, 0.15) is 28.4 Å². The van der Waals surface area contributed by atoms with Crippen LogP contribution in [-0.4, -0.2) is 22.4 Å². The Labute approximate surface area is 147 Å². The summed E-state index contributed by atoms with van der Waals surface area (Å²) in [6.07, 6.45) is 1.73. The molecule has 0 bridgehead atoms. The Balaban J connectivity index is 1.80. The predicted molar refractivity (Wildman–Crippen MR) is 97.5 cm³/mol. The molecule has 2 aromatic carbocycles. The molecule has 1 aromatic heterocycles. The molecule has 0 unspecified atom stereocenters. The molecule has 0 aliphatic rings. The zero-order chi connectivity index (χ0) is 17.5. The molecule has 5 nitrogen and oxygen atoms in total. The van der Waals surface area contributed by atoms with Gasteiger partial charge in [0.15, 0.2) is 5.82 Å². The highest BCUT2D eigenvalue weighted by Gasteiger charge is 2.17. The van der Waals surface area contributed by atoms with Crippen LogP contribution in [0.25, 0.3) is 0 Å². The van der Waals surface area contributed by atoms with Crippen LogP contribution in [0.2, 0.25) is 0 Å². The van der Waals surface area contributed by atoms with Gasteiger partial charge in [-0.25, -0.2) is 4.79 Å². The number of rotatable bonds is 7. The van der Waals surface area contributed by atoms with Gasteiger partial charge in [0.25, 0.3) is 0 Å². The van der Waals surface area contributed by atoms with Crippen molar-refractivity contribution < 1.29 is 9.53 Å². The first-order valence-corrected chi connectivity index (χ1v) is 8.32. The van der Waals surface area contributed by atoms with Crippen molar-refractivity contribution in [3.63, 3.8) is 0 Å². The zero-order valence-corrected chi connectivity index (χ0v) is 14.2. The van der Waals surface area contributed by atoms with Gasteiger partial charge in [-0.2, -0.15) is 5.10 Å². The molecule has 0 amide bonds. The lowest BCUT2D eigenvalue weighted by atomic mass is 10.2. The lowest BCUT2D eigenvalue weighted by molar-refractivity contribution is 0.0527. The number of nitrogens with zero attached hydrogens (tertiary/aromatic N) is 2. The van der Waals surface area contributed by atoms with Crippen LogP contribution in [-0.2, 0) is 17.8 Å². The van der Waals surface area contributed by atoms with E-state index in [4.69, 9.17) is 4.74 Å². The molecule has 0 atom stereocenters. The molecule has 128 valence electrons. The molecule has 25 heavy (non-hydrogen) atoms. The zero-order valence-electron chi connectivity index (χ0n) is 14.2. The number of hydrogen-bond donors (Lipinski definition) is 1. The maximum atomic E-state index is 12.2. The highest BCUT2D eigenvalue weighted by Crippen LogP contribution is 2.17. The summed E-state index contributed by atoms with van der Waals surface area (Å²) in [7, 11) is 0. The molecule has 0 radical (unpaired) electrons. The minimum atomic E-state index is -0.364. The molecular weight excluding hydrogens is 314 g/mol. The van der Waals surface area contributed by atoms with Gasteiger partial charge in [0, 0.05) is 12.7 Å². The van der Waals surface area contributed by atoms with Gasteiger partial charge < -0.3 is 10.1 Å². The third-order valence-electron chi connectivity index (χ3n) is 3.75. The largest absolute Gasteiger partial charge is 0.462 e. The summed E-state index contributed by atoms with van der Waals surface area (Å²) >= 11 is 0. The average molecular weight is 335 g/mol. The van der Waals surface area contributed by atoms with Crippen molar-refractivity contribution in [1.29, 1.82) is 0 Å². The Kier molecular flexibility index (Phi) is 5.46. The number of hydrogen-bond acceptors (Lipinski definition) is 4. The SMILES string of the molecule is CCOC(=O)c1cn(Cc2ccccc2)nc1NCc1ccccc1. The van der Waals surface area contributed by atoms with Crippen LogP contribution >= 0.6 is 0 Å². The summed E-state index contributed by atoms with van der Waals surface area (Å²) in [4.78, 5) is 12.2. The topological polar surface area (TPSA) is 56.2 Å². The predicted octanol–water partition coefficient (Wildman–Crippen LogP) is 3.72. The van der Waals surface area contributed by atoms with E-state index in [1.54, 1.807) is 17.8 Å². The monoisotopic (exact) mass is 335 g/mol. The summed E-state index contributed by atoms with van der Waals surface area (Å²) in [6, 6.07) is 20.0. The van der Waals surface area contributed by atoms with Crippen LogP contribution < -0.4 is 5.32 Å². The third-order valence-corrected chi connectivity index (χ3v) is 3.75. The number of esters is 1. The van der Waals surface area contributed by atoms with Crippen molar-refractivity contribution >= 4 is 11.8 Å². The standard InChI is InChI=1S/C20H21N3O2/c1-2-25-20(24)18-15-23(14-17-11-7-4-8-12-17)22-19(18)21-13-16-9-5-3-6-10-16/h3-12,15H,2,13-14H2,1H3,(H,21,22). The van der Waals surface area contributed by atoms with E-state index in [-0.39, 0.29) is 5.97 Å². The summed E-state index contributed by atoms with van der Waals surface area (Å²) in [6.45, 7) is 3.32.